The molecule has 0 bridgehead atoms. The average molecular weight is 303 g/mol. The van der Waals surface area contributed by atoms with Gasteiger partial charge in [-0.15, -0.1) is 11.3 Å². The van der Waals surface area contributed by atoms with Crippen molar-refractivity contribution in [1.29, 1.82) is 0 Å². The number of aliphatic carboxylic acids is 1. The van der Waals surface area contributed by atoms with E-state index in [1.54, 1.807) is 11.3 Å². The maximum atomic E-state index is 10.9. The first-order valence-electron chi connectivity index (χ1n) is 7.26. The maximum absolute atomic E-state index is 10.9. The van der Waals surface area contributed by atoms with Gasteiger partial charge in [0.2, 0.25) is 0 Å². The SMILES string of the molecule is CCCC(NCc1ccccc1CC(=O)O)c1cccs1. The molecule has 1 atom stereocenters. The average Bonchev–Trinajstić information content (AvgIpc) is 2.98. The number of rotatable bonds is 8. The van der Waals surface area contributed by atoms with Crippen molar-refractivity contribution in [3.05, 3.63) is 57.8 Å². The van der Waals surface area contributed by atoms with Crippen molar-refractivity contribution < 1.29 is 9.90 Å². The van der Waals surface area contributed by atoms with Crippen LogP contribution in [0.4, 0.5) is 0 Å². The zero-order chi connectivity index (χ0) is 15.1. The monoisotopic (exact) mass is 303 g/mol. The van der Waals surface area contributed by atoms with E-state index >= 15 is 0 Å². The van der Waals surface area contributed by atoms with E-state index < -0.39 is 5.97 Å². The van der Waals surface area contributed by atoms with Crippen LogP contribution < -0.4 is 5.32 Å². The van der Waals surface area contributed by atoms with Gasteiger partial charge >= 0.3 is 5.97 Å². The van der Waals surface area contributed by atoms with E-state index in [0.29, 0.717) is 12.6 Å². The van der Waals surface area contributed by atoms with E-state index in [2.05, 4.69) is 29.8 Å². The highest BCUT2D eigenvalue weighted by Gasteiger charge is 2.12. The van der Waals surface area contributed by atoms with Gasteiger partial charge in [-0.05, 0) is 29.0 Å². The lowest BCUT2D eigenvalue weighted by atomic mass is 10.0. The van der Waals surface area contributed by atoms with Crippen LogP contribution in [-0.2, 0) is 17.8 Å². The molecule has 0 saturated heterocycles. The molecule has 0 amide bonds. The van der Waals surface area contributed by atoms with Crippen LogP contribution in [-0.4, -0.2) is 11.1 Å². The molecule has 0 radical (unpaired) electrons. The van der Waals surface area contributed by atoms with Gasteiger partial charge in [0, 0.05) is 17.5 Å². The van der Waals surface area contributed by atoms with Gasteiger partial charge in [-0.2, -0.15) is 0 Å². The predicted molar refractivity (Wildman–Crippen MR) is 86.6 cm³/mol. The van der Waals surface area contributed by atoms with E-state index in [9.17, 15) is 4.79 Å². The van der Waals surface area contributed by atoms with Gasteiger partial charge in [-0.25, -0.2) is 0 Å². The molecule has 2 N–H and O–H groups in total. The molecule has 0 fully saturated rings. The first-order chi connectivity index (χ1) is 10.2. The Hall–Kier alpha value is -1.65. The Balaban J connectivity index is 2.05. The largest absolute Gasteiger partial charge is 0.481 e. The number of thiophene rings is 1. The topological polar surface area (TPSA) is 49.3 Å². The van der Waals surface area contributed by atoms with E-state index in [1.165, 1.54) is 4.88 Å². The van der Waals surface area contributed by atoms with Crippen molar-refractivity contribution in [3.8, 4) is 0 Å². The molecule has 2 rings (SSSR count). The quantitative estimate of drug-likeness (QED) is 0.775. The van der Waals surface area contributed by atoms with E-state index in [1.807, 2.05) is 24.3 Å². The van der Waals surface area contributed by atoms with Crippen molar-refractivity contribution in [2.24, 2.45) is 0 Å². The molecule has 21 heavy (non-hydrogen) atoms. The fraction of sp³-hybridized carbons (Fsp3) is 0.353. The number of nitrogens with one attached hydrogen (secondary N) is 1. The second-order valence-corrected chi connectivity index (χ2v) is 6.06. The van der Waals surface area contributed by atoms with E-state index in [0.717, 1.165) is 24.0 Å². The van der Waals surface area contributed by atoms with Crippen LogP contribution in [0.2, 0.25) is 0 Å². The zero-order valence-corrected chi connectivity index (χ0v) is 13.0. The standard InChI is InChI=1S/C17H21NO2S/c1-2-6-15(16-9-5-10-21-16)18-12-14-8-4-3-7-13(14)11-17(19)20/h3-5,7-10,15,18H,2,6,11-12H2,1H3,(H,19,20). The maximum Gasteiger partial charge on any atom is 0.307 e. The molecule has 0 spiro atoms. The first-order valence-corrected chi connectivity index (χ1v) is 8.14. The van der Waals surface area contributed by atoms with Gasteiger partial charge in [0.25, 0.3) is 0 Å². The van der Waals surface area contributed by atoms with Crippen LogP contribution in [0, 0.1) is 0 Å². The normalized spacial score (nSPS) is 12.2. The summed E-state index contributed by atoms with van der Waals surface area (Å²) in [5.41, 5.74) is 1.96. The van der Waals surface area contributed by atoms with Crippen molar-refractivity contribution in [1.82, 2.24) is 5.32 Å². The van der Waals surface area contributed by atoms with Crippen LogP contribution in [0.1, 0.15) is 41.8 Å². The predicted octanol–water partition coefficient (Wildman–Crippen LogP) is 4.01. The molecule has 4 heteroatoms. The molecule has 3 nitrogen and oxygen atoms in total. The lowest BCUT2D eigenvalue weighted by Gasteiger charge is -2.18. The summed E-state index contributed by atoms with van der Waals surface area (Å²) in [5.74, 6) is -0.786. The Bertz CT molecular complexity index is 566. The van der Waals surface area contributed by atoms with Crippen molar-refractivity contribution in [3.63, 3.8) is 0 Å². The minimum absolute atomic E-state index is 0.0787. The minimum atomic E-state index is -0.786. The summed E-state index contributed by atoms with van der Waals surface area (Å²) in [6, 6.07) is 12.3. The molecule has 0 aliphatic rings. The summed E-state index contributed by atoms with van der Waals surface area (Å²) in [7, 11) is 0. The molecule has 1 aromatic heterocycles. The van der Waals surface area contributed by atoms with Gasteiger partial charge in [0.15, 0.2) is 0 Å². The first kappa shape index (κ1) is 15.7. The third kappa shape index (κ3) is 4.69. The van der Waals surface area contributed by atoms with Crippen LogP contribution in [0.15, 0.2) is 41.8 Å². The fourth-order valence-electron chi connectivity index (χ4n) is 2.42. The molecule has 0 aliphatic carbocycles. The minimum Gasteiger partial charge on any atom is -0.481 e. The summed E-state index contributed by atoms with van der Waals surface area (Å²) in [6.07, 6.45) is 2.28. The Morgan fingerprint density at radius 2 is 2.00 bits per heavy atom. The lowest BCUT2D eigenvalue weighted by Crippen LogP contribution is -2.21. The summed E-state index contributed by atoms with van der Waals surface area (Å²) in [6.45, 7) is 2.88. The van der Waals surface area contributed by atoms with E-state index in [-0.39, 0.29) is 6.42 Å². The van der Waals surface area contributed by atoms with Crippen LogP contribution >= 0.6 is 11.3 Å². The highest BCUT2D eigenvalue weighted by Crippen LogP contribution is 2.24. The molecule has 1 aromatic carbocycles. The highest BCUT2D eigenvalue weighted by atomic mass is 32.1. The lowest BCUT2D eigenvalue weighted by molar-refractivity contribution is -0.136. The second-order valence-electron chi connectivity index (χ2n) is 5.08. The van der Waals surface area contributed by atoms with Gasteiger partial charge in [-0.1, -0.05) is 43.7 Å². The number of hydrogen-bond acceptors (Lipinski definition) is 3. The molecular formula is C17H21NO2S. The molecule has 0 aliphatic heterocycles. The fourth-order valence-corrected chi connectivity index (χ4v) is 3.26. The van der Waals surface area contributed by atoms with Crippen molar-refractivity contribution in [2.75, 3.05) is 0 Å². The Kier molecular flexibility index (Phi) is 5.96. The molecule has 2 aromatic rings. The van der Waals surface area contributed by atoms with Gasteiger partial charge in [0.05, 0.1) is 6.42 Å². The summed E-state index contributed by atoms with van der Waals surface area (Å²) in [4.78, 5) is 12.3. The zero-order valence-electron chi connectivity index (χ0n) is 12.2. The number of hydrogen-bond donors (Lipinski definition) is 2. The van der Waals surface area contributed by atoms with Gasteiger partial charge in [0.1, 0.15) is 0 Å². The molecular weight excluding hydrogens is 282 g/mol. The Morgan fingerprint density at radius 3 is 2.62 bits per heavy atom. The summed E-state index contributed by atoms with van der Waals surface area (Å²) < 4.78 is 0. The molecule has 112 valence electrons. The molecule has 1 unspecified atom stereocenters. The van der Waals surface area contributed by atoms with Crippen LogP contribution in [0.3, 0.4) is 0 Å². The number of carboxylic acids is 1. The third-order valence-electron chi connectivity index (χ3n) is 3.46. The Morgan fingerprint density at radius 1 is 1.24 bits per heavy atom. The molecule has 0 saturated carbocycles. The van der Waals surface area contributed by atoms with Crippen LogP contribution in [0.25, 0.3) is 0 Å². The van der Waals surface area contributed by atoms with Gasteiger partial charge < -0.3 is 10.4 Å². The van der Waals surface area contributed by atoms with Crippen LogP contribution in [0.5, 0.6) is 0 Å². The second kappa shape index (κ2) is 7.96. The van der Waals surface area contributed by atoms with E-state index in [4.69, 9.17) is 5.11 Å². The molecule has 1 heterocycles. The Labute approximate surface area is 129 Å². The third-order valence-corrected chi connectivity index (χ3v) is 4.45. The summed E-state index contributed by atoms with van der Waals surface area (Å²) in [5, 5.41) is 14.7. The van der Waals surface area contributed by atoms with Gasteiger partial charge in [-0.3, -0.25) is 4.79 Å². The number of carboxylic acid groups (broad SMARTS) is 1. The smallest absolute Gasteiger partial charge is 0.307 e. The number of benzene rings is 1. The number of carbonyl (C=O) groups is 1. The summed E-state index contributed by atoms with van der Waals surface area (Å²) >= 11 is 1.76. The highest BCUT2D eigenvalue weighted by molar-refractivity contribution is 7.10. The van der Waals surface area contributed by atoms with Crippen molar-refractivity contribution >= 4 is 17.3 Å². The van der Waals surface area contributed by atoms with Crippen molar-refractivity contribution in [2.45, 2.75) is 38.8 Å².